The number of pyridine rings is 1. The lowest BCUT2D eigenvalue weighted by atomic mass is 9.86. The zero-order valence-electron chi connectivity index (χ0n) is 29.9. The van der Waals surface area contributed by atoms with Gasteiger partial charge in [0.05, 0.1) is 28.9 Å². The molecule has 282 valence electrons. The van der Waals surface area contributed by atoms with Gasteiger partial charge in [0.25, 0.3) is 11.8 Å². The molecule has 3 aliphatic rings. The lowest BCUT2D eigenvalue weighted by Gasteiger charge is -2.42. The molecule has 3 aromatic rings. The Labute approximate surface area is 309 Å². The fraction of sp³-hybridized carbons (Fsp3) is 0.475. The third-order valence-corrected chi connectivity index (χ3v) is 10.7. The van der Waals surface area contributed by atoms with E-state index < -0.39 is 17.9 Å². The number of imide groups is 1. The van der Waals surface area contributed by atoms with Gasteiger partial charge < -0.3 is 15.3 Å². The van der Waals surface area contributed by atoms with Crippen molar-refractivity contribution >= 4 is 23.8 Å². The molecule has 2 N–H and O–H groups in total. The molecule has 1 aromatic heterocycles. The number of piperazine rings is 1. The number of hydrogen-bond acceptors (Lipinski definition) is 7. The van der Waals surface area contributed by atoms with Gasteiger partial charge in [0.15, 0.2) is 0 Å². The van der Waals surface area contributed by atoms with Crippen LogP contribution in [0.5, 0.6) is 0 Å². The average Bonchev–Trinajstić information content (AvgIpc) is 3.40. The minimum Gasteiger partial charge on any atom is -0.465 e. The summed E-state index contributed by atoms with van der Waals surface area (Å²) in [7, 11) is 0. The average molecular weight is 731 g/mol. The molecule has 1 unspecified atom stereocenters. The highest BCUT2D eigenvalue weighted by atomic mass is 19.3. The van der Waals surface area contributed by atoms with Gasteiger partial charge >= 0.3 is 6.09 Å². The predicted molar refractivity (Wildman–Crippen MR) is 194 cm³/mol. The topological polar surface area (TPSA) is 126 Å². The van der Waals surface area contributed by atoms with Crippen LogP contribution < -0.4 is 5.32 Å². The van der Waals surface area contributed by atoms with Crippen molar-refractivity contribution in [3.8, 4) is 0 Å². The van der Waals surface area contributed by atoms with Crippen molar-refractivity contribution in [1.29, 1.82) is 0 Å². The summed E-state index contributed by atoms with van der Waals surface area (Å²) in [5.41, 5.74) is 2.65. The fourth-order valence-electron chi connectivity index (χ4n) is 7.74. The SMILES string of the molecule is O=C(NC(CCN1CCN(C(=O)O)[C@@H](CN(CCCCN2C(=O)c3ccccc3C2=O)Cc2ccccn2)C1)c1ccccc1)C1CCC(F)(F)CC1. The first-order valence-corrected chi connectivity index (χ1v) is 18.6. The third kappa shape index (κ3) is 9.82. The van der Waals surface area contributed by atoms with Crippen molar-refractivity contribution in [3.05, 3.63) is 101 Å². The van der Waals surface area contributed by atoms with Crippen LogP contribution in [-0.2, 0) is 11.3 Å². The van der Waals surface area contributed by atoms with E-state index in [0.717, 1.165) is 11.3 Å². The number of nitrogens with zero attached hydrogens (tertiary/aromatic N) is 5. The number of rotatable bonds is 15. The van der Waals surface area contributed by atoms with Crippen LogP contribution in [0.3, 0.4) is 0 Å². The molecule has 1 saturated carbocycles. The number of amides is 4. The summed E-state index contributed by atoms with van der Waals surface area (Å²) in [5.74, 6) is -3.90. The number of halogens is 2. The number of aromatic nitrogens is 1. The van der Waals surface area contributed by atoms with Gasteiger partial charge in [-0.1, -0.05) is 48.5 Å². The maximum absolute atomic E-state index is 13.8. The molecular formula is C40H48F2N6O5. The molecular weight excluding hydrogens is 682 g/mol. The Morgan fingerprint density at radius 2 is 1.58 bits per heavy atom. The highest BCUT2D eigenvalue weighted by Crippen LogP contribution is 2.36. The first-order chi connectivity index (χ1) is 25.6. The summed E-state index contributed by atoms with van der Waals surface area (Å²) in [5, 5.41) is 13.3. The monoisotopic (exact) mass is 730 g/mol. The number of carboxylic acid groups (broad SMARTS) is 1. The quantitative estimate of drug-likeness (QED) is 0.151. The van der Waals surface area contributed by atoms with E-state index in [-0.39, 0.29) is 55.5 Å². The first kappa shape index (κ1) is 38.0. The van der Waals surface area contributed by atoms with E-state index >= 15 is 0 Å². The number of unbranched alkanes of at least 4 members (excludes halogenated alkanes) is 1. The molecule has 2 aliphatic heterocycles. The molecule has 2 atom stereocenters. The van der Waals surface area contributed by atoms with E-state index in [9.17, 15) is 33.1 Å². The number of alkyl halides is 2. The minimum atomic E-state index is -2.71. The van der Waals surface area contributed by atoms with Crippen molar-refractivity contribution in [1.82, 2.24) is 29.9 Å². The molecule has 2 aromatic carbocycles. The Balaban J connectivity index is 1.08. The van der Waals surface area contributed by atoms with Crippen LogP contribution in [0.1, 0.15) is 83.0 Å². The molecule has 0 radical (unpaired) electrons. The van der Waals surface area contributed by atoms with Gasteiger partial charge in [-0.25, -0.2) is 13.6 Å². The van der Waals surface area contributed by atoms with Crippen LogP contribution in [0.15, 0.2) is 79.0 Å². The van der Waals surface area contributed by atoms with E-state index in [0.29, 0.717) is 82.7 Å². The van der Waals surface area contributed by atoms with Crippen molar-refractivity contribution < 1.29 is 33.1 Å². The lowest BCUT2D eigenvalue weighted by molar-refractivity contribution is -0.130. The molecule has 11 nitrogen and oxygen atoms in total. The number of benzene rings is 2. The maximum atomic E-state index is 13.8. The molecule has 1 aliphatic carbocycles. The number of carbonyl (C=O) groups is 4. The zero-order chi connectivity index (χ0) is 37.4. The van der Waals surface area contributed by atoms with E-state index in [2.05, 4.69) is 20.1 Å². The van der Waals surface area contributed by atoms with Crippen LogP contribution >= 0.6 is 0 Å². The number of hydrogen-bond donors (Lipinski definition) is 2. The van der Waals surface area contributed by atoms with Gasteiger partial charge in [-0.15, -0.1) is 0 Å². The maximum Gasteiger partial charge on any atom is 0.407 e. The minimum absolute atomic E-state index is 0.164. The van der Waals surface area contributed by atoms with Crippen LogP contribution in [-0.4, -0.2) is 111 Å². The number of carbonyl (C=O) groups excluding carboxylic acids is 3. The van der Waals surface area contributed by atoms with E-state index in [1.165, 1.54) is 9.80 Å². The van der Waals surface area contributed by atoms with Gasteiger partial charge in [-0.3, -0.25) is 34.1 Å². The first-order valence-electron chi connectivity index (χ1n) is 18.6. The Kier molecular flexibility index (Phi) is 12.5. The second kappa shape index (κ2) is 17.4. The van der Waals surface area contributed by atoms with Crippen LogP contribution in [0.2, 0.25) is 0 Å². The Hall–Kier alpha value is -4.75. The summed E-state index contributed by atoms with van der Waals surface area (Å²) in [6.45, 7) is 3.84. The summed E-state index contributed by atoms with van der Waals surface area (Å²) in [6.07, 6.45) is 2.38. The van der Waals surface area contributed by atoms with Gasteiger partial charge in [-0.2, -0.15) is 0 Å². The lowest BCUT2D eigenvalue weighted by Crippen LogP contribution is -2.58. The Morgan fingerprint density at radius 3 is 2.25 bits per heavy atom. The second-order valence-electron chi connectivity index (χ2n) is 14.4. The van der Waals surface area contributed by atoms with Crippen molar-refractivity contribution in [3.63, 3.8) is 0 Å². The molecule has 2 fully saturated rings. The van der Waals surface area contributed by atoms with E-state index in [1.54, 1.807) is 30.5 Å². The fourth-order valence-corrected chi connectivity index (χ4v) is 7.74. The van der Waals surface area contributed by atoms with E-state index in [1.807, 2.05) is 48.5 Å². The van der Waals surface area contributed by atoms with Gasteiger partial charge in [-0.05, 0) is 68.5 Å². The normalized spacial score (nSPS) is 19.7. The van der Waals surface area contributed by atoms with Gasteiger partial charge in [0.2, 0.25) is 11.8 Å². The summed E-state index contributed by atoms with van der Waals surface area (Å²) in [6, 6.07) is 21.5. The van der Waals surface area contributed by atoms with Gasteiger partial charge in [0.1, 0.15) is 0 Å². The second-order valence-corrected chi connectivity index (χ2v) is 14.4. The largest absolute Gasteiger partial charge is 0.465 e. The van der Waals surface area contributed by atoms with Crippen molar-refractivity contribution in [2.75, 3.05) is 45.8 Å². The molecule has 1 saturated heterocycles. The van der Waals surface area contributed by atoms with Crippen LogP contribution in [0, 0.1) is 5.92 Å². The van der Waals surface area contributed by atoms with Crippen molar-refractivity contribution in [2.45, 2.75) is 69.5 Å². The molecule has 13 heteroatoms. The molecule has 3 heterocycles. The highest BCUT2D eigenvalue weighted by molar-refractivity contribution is 6.21. The van der Waals surface area contributed by atoms with Crippen LogP contribution in [0.4, 0.5) is 13.6 Å². The zero-order valence-corrected chi connectivity index (χ0v) is 29.9. The predicted octanol–water partition coefficient (Wildman–Crippen LogP) is 5.70. The van der Waals surface area contributed by atoms with Crippen LogP contribution in [0.25, 0.3) is 0 Å². The van der Waals surface area contributed by atoms with Crippen molar-refractivity contribution in [2.24, 2.45) is 5.92 Å². The summed E-state index contributed by atoms with van der Waals surface area (Å²) in [4.78, 5) is 63.2. The molecule has 53 heavy (non-hydrogen) atoms. The standard InChI is InChI=1S/C40H48F2N6O5/c41-40(42)18-15-30(16-19-40)36(49)44-35(29-10-2-1-3-11-29)17-23-45-24-25-47(39(52)53)32(27-45)28-46(26-31-12-6-7-20-43-31)21-8-9-22-48-37(50)33-13-4-5-14-34(33)38(48)51/h1-7,10-14,20,30,32,35H,8-9,15-19,21-28H2,(H,44,49)(H,52,53)/t32-,35?/m1/s1. The smallest absolute Gasteiger partial charge is 0.407 e. The van der Waals surface area contributed by atoms with Gasteiger partial charge in [0, 0.05) is 70.8 Å². The number of nitrogens with one attached hydrogen (secondary N) is 1. The Morgan fingerprint density at radius 1 is 0.906 bits per heavy atom. The Bertz CT molecular complexity index is 1690. The molecule has 0 spiro atoms. The van der Waals surface area contributed by atoms with E-state index in [4.69, 9.17) is 0 Å². The third-order valence-electron chi connectivity index (χ3n) is 10.7. The molecule has 4 amide bonds. The summed E-state index contributed by atoms with van der Waals surface area (Å²) < 4.78 is 27.6. The highest BCUT2D eigenvalue weighted by Gasteiger charge is 2.38. The summed E-state index contributed by atoms with van der Waals surface area (Å²) >= 11 is 0. The number of fused-ring (bicyclic) bond motifs is 1. The molecule has 0 bridgehead atoms. The molecule has 6 rings (SSSR count).